The first kappa shape index (κ1) is 13.5. The molecular formula is C12H6N4O6. The second-order valence-electron chi connectivity index (χ2n) is 4.48. The Balaban J connectivity index is 2.03. The SMILES string of the molecule is O=C1N=C[C@@H](N2C(=O)c3ccc([N+](=O)[O-])cc3C2=O)C(=O)N1. The van der Waals surface area contributed by atoms with Crippen LogP contribution in [0.15, 0.2) is 23.2 Å². The molecule has 0 spiro atoms. The average Bonchev–Trinajstić information content (AvgIpc) is 2.71. The third kappa shape index (κ3) is 1.85. The summed E-state index contributed by atoms with van der Waals surface area (Å²) in [5.74, 6) is -2.51. The van der Waals surface area contributed by atoms with Gasteiger partial charge >= 0.3 is 6.03 Å². The molecule has 0 saturated carbocycles. The third-order valence-corrected chi connectivity index (χ3v) is 3.22. The first-order valence-corrected chi connectivity index (χ1v) is 5.95. The lowest BCUT2D eigenvalue weighted by molar-refractivity contribution is -0.384. The molecule has 1 aromatic carbocycles. The highest BCUT2D eigenvalue weighted by Crippen LogP contribution is 2.28. The highest BCUT2D eigenvalue weighted by Gasteiger charge is 2.44. The van der Waals surface area contributed by atoms with Gasteiger partial charge in [-0.2, -0.15) is 0 Å². The number of imide groups is 2. The van der Waals surface area contributed by atoms with Crippen LogP contribution in [0.5, 0.6) is 0 Å². The fraction of sp³-hybridized carbons (Fsp3) is 0.0833. The number of hydrogen-bond acceptors (Lipinski definition) is 6. The van der Waals surface area contributed by atoms with Gasteiger partial charge in [0.15, 0.2) is 6.04 Å². The van der Waals surface area contributed by atoms with Crippen molar-refractivity contribution in [2.45, 2.75) is 6.04 Å². The number of nitro benzene ring substituents is 1. The molecule has 2 aliphatic heterocycles. The maximum Gasteiger partial charge on any atom is 0.347 e. The molecule has 0 bridgehead atoms. The summed E-state index contributed by atoms with van der Waals surface area (Å²) in [4.78, 5) is 61.1. The number of benzene rings is 1. The number of non-ortho nitro benzene ring substituents is 1. The van der Waals surface area contributed by atoms with Gasteiger partial charge < -0.3 is 0 Å². The minimum absolute atomic E-state index is 0.0475. The zero-order valence-corrected chi connectivity index (χ0v) is 10.7. The molecule has 1 aromatic rings. The number of carbonyl (C=O) groups excluding carboxylic acids is 4. The van der Waals surface area contributed by atoms with Gasteiger partial charge in [0.1, 0.15) is 0 Å². The van der Waals surface area contributed by atoms with Crippen LogP contribution in [0.4, 0.5) is 10.5 Å². The molecular weight excluding hydrogens is 296 g/mol. The van der Waals surface area contributed by atoms with E-state index >= 15 is 0 Å². The van der Waals surface area contributed by atoms with Crippen molar-refractivity contribution in [1.29, 1.82) is 0 Å². The van der Waals surface area contributed by atoms with Crippen LogP contribution >= 0.6 is 0 Å². The molecule has 0 fully saturated rings. The smallest absolute Gasteiger partial charge is 0.274 e. The summed E-state index contributed by atoms with van der Waals surface area (Å²) in [6.45, 7) is 0. The van der Waals surface area contributed by atoms with Crippen LogP contribution in [-0.4, -0.2) is 45.8 Å². The summed E-state index contributed by atoms with van der Waals surface area (Å²) in [7, 11) is 0. The lowest BCUT2D eigenvalue weighted by Gasteiger charge is -2.23. The number of nitrogens with zero attached hydrogens (tertiary/aromatic N) is 3. The van der Waals surface area contributed by atoms with Gasteiger partial charge in [0.25, 0.3) is 23.4 Å². The second-order valence-corrected chi connectivity index (χ2v) is 4.48. The predicted octanol–water partition coefficient (Wildman–Crippen LogP) is -0.120. The summed E-state index contributed by atoms with van der Waals surface area (Å²) in [6.07, 6.45) is 0.886. The van der Waals surface area contributed by atoms with E-state index < -0.39 is 34.7 Å². The Labute approximate surface area is 121 Å². The Hall–Kier alpha value is -3.43. The van der Waals surface area contributed by atoms with Crippen LogP contribution in [0, 0.1) is 10.1 Å². The monoisotopic (exact) mass is 302 g/mol. The minimum atomic E-state index is -1.37. The van der Waals surface area contributed by atoms with Crippen LogP contribution < -0.4 is 5.32 Å². The molecule has 10 nitrogen and oxygen atoms in total. The lowest BCUT2D eigenvalue weighted by atomic mass is 10.1. The van der Waals surface area contributed by atoms with Crippen LogP contribution in [0.1, 0.15) is 20.7 Å². The van der Waals surface area contributed by atoms with Gasteiger partial charge in [0.05, 0.1) is 16.1 Å². The number of urea groups is 1. The molecule has 10 heteroatoms. The standard InChI is InChI=1S/C12H6N4O6/c17-9-8(4-13-12(20)14-9)15-10(18)6-2-1-5(16(21)22)3-7(6)11(15)19/h1-4,8H,(H,14,17,20)/t8-/m1/s1. The fourth-order valence-electron chi connectivity index (χ4n) is 2.22. The fourth-order valence-corrected chi connectivity index (χ4v) is 2.22. The van der Waals surface area contributed by atoms with E-state index in [4.69, 9.17) is 0 Å². The molecule has 1 atom stereocenters. The Morgan fingerprint density at radius 1 is 1.14 bits per heavy atom. The quantitative estimate of drug-likeness (QED) is 0.459. The van der Waals surface area contributed by atoms with E-state index in [9.17, 15) is 29.3 Å². The Bertz CT molecular complexity index is 799. The number of fused-ring (bicyclic) bond motifs is 1. The van der Waals surface area contributed by atoms with E-state index in [-0.39, 0.29) is 16.8 Å². The van der Waals surface area contributed by atoms with E-state index in [1.807, 2.05) is 5.32 Å². The molecule has 0 aliphatic carbocycles. The van der Waals surface area contributed by atoms with E-state index in [1.165, 1.54) is 0 Å². The second kappa shape index (κ2) is 4.55. The van der Waals surface area contributed by atoms with Gasteiger partial charge in [-0.3, -0.25) is 34.7 Å². The maximum atomic E-state index is 12.3. The van der Waals surface area contributed by atoms with Gasteiger partial charge in [-0.1, -0.05) is 0 Å². The van der Waals surface area contributed by atoms with Crippen molar-refractivity contribution in [3.8, 4) is 0 Å². The predicted molar refractivity (Wildman–Crippen MR) is 69.4 cm³/mol. The molecule has 0 saturated heterocycles. The van der Waals surface area contributed by atoms with Crippen LogP contribution in [0.2, 0.25) is 0 Å². The van der Waals surface area contributed by atoms with E-state index in [0.29, 0.717) is 4.90 Å². The zero-order chi connectivity index (χ0) is 16.0. The van der Waals surface area contributed by atoms with E-state index in [0.717, 1.165) is 24.4 Å². The van der Waals surface area contributed by atoms with Crippen molar-refractivity contribution in [1.82, 2.24) is 10.2 Å². The van der Waals surface area contributed by atoms with Crippen molar-refractivity contribution in [2.75, 3.05) is 0 Å². The summed E-state index contributed by atoms with van der Waals surface area (Å²) in [5, 5.41) is 12.6. The highest BCUT2D eigenvalue weighted by atomic mass is 16.6. The summed E-state index contributed by atoms with van der Waals surface area (Å²) >= 11 is 0. The number of aliphatic imine (C=N–C) groups is 1. The highest BCUT2D eigenvalue weighted by molar-refractivity contribution is 6.26. The van der Waals surface area contributed by atoms with Gasteiger partial charge in [-0.05, 0) is 6.07 Å². The molecule has 0 unspecified atom stereocenters. The average molecular weight is 302 g/mol. The number of amides is 5. The van der Waals surface area contributed by atoms with Crippen molar-refractivity contribution in [2.24, 2.45) is 4.99 Å². The van der Waals surface area contributed by atoms with E-state index in [1.54, 1.807) is 0 Å². The van der Waals surface area contributed by atoms with Gasteiger partial charge in [0.2, 0.25) is 0 Å². The van der Waals surface area contributed by atoms with Crippen LogP contribution in [0.25, 0.3) is 0 Å². The van der Waals surface area contributed by atoms with Crippen molar-refractivity contribution in [3.63, 3.8) is 0 Å². The Morgan fingerprint density at radius 3 is 2.45 bits per heavy atom. The third-order valence-electron chi connectivity index (χ3n) is 3.22. The summed E-state index contributed by atoms with van der Waals surface area (Å²) < 4.78 is 0. The van der Waals surface area contributed by atoms with Crippen molar-refractivity contribution < 1.29 is 24.1 Å². The van der Waals surface area contributed by atoms with Gasteiger partial charge in [-0.15, -0.1) is 0 Å². The van der Waals surface area contributed by atoms with Crippen molar-refractivity contribution in [3.05, 3.63) is 39.4 Å². The molecule has 2 heterocycles. The number of carbonyl (C=O) groups is 4. The largest absolute Gasteiger partial charge is 0.347 e. The van der Waals surface area contributed by atoms with Crippen molar-refractivity contribution >= 4 is 35.7 Å². The molecule has 3 rings (SSSR count). The summed E-state index contributed by atoms with van der Waals surface area (Å²) in [6, 6.07) is 0.944. The summed E-state index contributed by atoms with van der Waals surface area (Å²) in [5.41, 5.74) is -0.565. The first-order chi connectivity index (χ1) is 10.4. The molecule has 1 N–H and O–H groups in total. The normalized spacial score (nSPS) is 20.2. The number of nitrogens with one attached hydrogen (secondary N) is 1. The van der Waals surface area contributed by atoms with Gasteiger partial charge in [0, 0.05) is 18.3 Å². The lowest BCUT2D eigenvalue weighted by Crippen LogP contribution is -2.53. The molecule has 0 aromatic heterocycles. The molecule has 5 amide bonds. The Kier molecular flexibility index (Phi) is 2.80. The maximum absolute atomic E-state index is 12.3. The topological polar surface area (TPSA) is 139 Å². The zero-order valence-electron chi connectivity index (χ0n) is 10.7. The molecule has 2 aliphatic rings. The minimum Gasteiger partial charge on any atom is -0.274 e. The van der Waals surface area contributed by atoms with E-state index in [2.05, 4.69) is 4.99 Å². The van der Waals surface area contributed by atoms with Crippen LogP contribution in [-0.2, 0) is 4.79 Å². The number of hydrogen-bond donors (Lipinski definition) is 1. The number of rotatable bonds is 2. The molecule has 0 radical (unpaired) electrons. The van der Waals surface area contributed by atoms with Gasteiger partial charge in [-0.25, -0.2) is 9.79 Å². The molecule has 110 valence electrons. The number of nitro groups is 1. The first-order valence-electron chi connectivity index (χ1n) is 5.95. The Morgan fingerprint density at radius 2 is 1.82 bits per heavy atom. The molecule has 22 heavy (non-hydrogen) atoms. The van der Waals surface area contributed by atoms with Crippen LogP contribution in [0.3, 0.4) is 0 Å².